The van der Waals surface area contributed by atoms with Crippen molar-refractivity contribution in [1.29, 1.82) is 0 Å². The Bertz CT molecular complexity index is 895. The first kappa shape index (κ1) is 21.6. The molecule has 1 fully saturated rings. The molecule has 0 unspecified atom stereocenters. The highest BCUT2D eigenvalue weighted by atomic mass is 32.2. The van der Waals surface area contributed by atoms with Gasteiger partial charge in [0.25, 0.3) is 10.2 Å². The predicted octanol–water partition coefficient (Wildman–Crippen LogP) is 2.72. The molecule has 29 heavy (non-hydrogen) atoms. The summed E-state index contributed by atoms with van der Waals surface area (Å²) in [6.07, 6.45) is -0.257. The second-order valence-corrected chi connectivity index (χ2v) is 8.92. The monoisotopic (exact) mass is 420 g/mol. The van der Waals surface area contributed by atoms with Gasteiger partial charge in [0.05, 0.1) is 19.3 Å². The topological polar surface area (TPSA) is 77.1 Å². The van der Waals surface area contributed by atoms with E-state index < -0.39 is 10.2 Å². The zero-order valence-electron chi connectivity index (χ0n) is 17.0. The normalized spacial score (nSPS) is 20.4. The van der Waals surface area contributed by atoms with E-state index in [4.69, 9.17) is 14.2 Å². The molecule has 7 nitrogen and oxygen atoms in total. The third kappa shape index (κ3) is 5.93. The average molecular weight is 421 g/mol. The Morgan fingerprint density at radius 3 is 2.38 bits per heavy atom. The lowest BCUT2D eigenvalue weighted by Crippen LogP contribution is -2.51. The molecule has 0 spiro atoms. The minimum Gasteiger partial charge on any atom is -0.493 e. The van der Waals surface area contributed by atoms with Crippen LogP contribution in [0.15, 0.2) is 48.5 Å². The standard InChI is InChI=1S/C21H28N2O5S/c1-16-13-23(14-17(2)28-16)29(24,25)22-12-19-9-10-20(21(11-19)26-3)27-15-18-7-5-4-6-8-18/h4-11,16-17,22H,12-15H2,1-3H3/t16-,17+. The zero-order chi connectivity index (χ0) is 20.9. The fourth-order valence-electron chi connectivity index (χ4n) is 3.27. The summed E-state index contributed by atoms with van der Waals surface area (Å²) < 4.78 is 46.2. The second-order valence-electron chi connectivity index (χ2n) is 7.16. The Hall–Kier alpha value is -2.13. The molecule has 0 saturated carbocycles. The third-order valence-corrected chi connectivity index (χ3v) is 6.14. The molecule has 2 aromatic carbocycles. The van der Waals surface area contributed by atoms with Crippen LogP contribution in [0.1, 0.15) is 25.0 Å². The molecule has 3 rings (SSSR count). The van der Waals surface area contributed by atoms with Crippen molar-refractivity contribution in [1.82, 2.24) is 9.03 Å². The molecule has 0 amide bonds. The fourth-order valence-corrected chi connectivity index (χ4v) is 4.61. The van der Waals surface area contributed by atoms with E-state index in [0.29, 0.717) is 31.2 Å². The van der Waals surface area contributed by atoms with Gasteiger partial charge in [-0.05, 0) is 37.1 Å². The van der Waals surface area contributed by atoms with E-state index in [1.165, 1.54) is 4.31 Å². The molecular formula is C21H28N2O5S. The first-order valence-electron chi connectivity index (χ1n) is 9.61. The van der Waals surface area contributed by atoms with Crippen molar-refractivity contribution in [3.05, 3.63) is 59.7 Å². The summed E-state index contributed by atoms with van der Waals surface area (Å²) in [6.45, 7) is 5.02. The number of nitrogens with zero attached hydrogens (tertiary/aromatic N) is 1. The van der Waals surface area contributed by atoms with Gasteiger partial charge in [-0.1, -0.05) is 36.4 Å². The highest BCUT2D eigenvalue weighted by Gasteiger charge is 2.30. The smallest absolute Gasteiger partial charge is 0.279 e. The van der Waals surface area contributed by atoms with Crippen LogP contribution >= 0.6 is 0 Å². The van der Waals surface area contributed by atoms with Crippen LogP contribution in [0.3, 0.4) is 0 Å². The van der Waals surface area contributed by atoms with Crippen LogP contribution in [0, 0.1) is 0 Å². The predicted molar refractivity (Wildman–Crippen MR) is 111 cm³/mol. The summed E-state index contributed by atoms with van der Waals surface area (Å²) in [4.78, 5) is 0. The van der Waals surface area contributed by atoms with Gasteiger partial charge in [-0.2, -0.15) is 17.4 Å². The molecule has 0 aromatic heterocycles. The number of methoxy groups -OCH3 is 1. The number of hydrogen-bond acceptors (Lipinski definition) is 5. The Balaban J connectivity index is 1.62. The molecule has 1 saturated heterocycles. The molecule has 0 aliphatic carbocycles. The molecule has 1 aliphatic rings. The van der Waals surface area contributed by atoms with Crippen molar-refractivity contribution in [3.8, 4) is 11.5 Å². The van der Waals surface area contributed by atoms with Gasteiger partial charge in [0.2, 0.25) is 0 Å². The van der Waals surface area contributed by atoms with Crippen LogP contribution in [0.5, 0.6) is 11.5 Å². The Morgan fingerprint density at radius 1 is 1.03 bits per heavy atom. The molecular weight excluding hydrogens is 392 g/mol. The number of rotatable bonds is 8. The maximum atomic E-state index is 12.6. The van der Waals surface area contributed by atoms with Crippen LogP contribution in [0.2, 0.25) is 0 Å². The van der Waals surface area contributed by atoms with Crippen molar-refractivity contribution < 1.29 is 22.6 Å². The van der Waals surface area contributed by atoms with Crippen LogP contribution in [-0.2, 0) is 28.1 Å². The van der Waals surface area contributed by atoms with Crippen molar-refractivity contribution in [2.75, 3.05) is 20.2 Å². The van der Waals surface area contributed by atoms with Gasteiger partial charge < -0.3 is 14.2 Å². The number of ether oxygens (including phenoxy) is 3. The molecule has 1 heterocycles. The first-order chi connectivity index (χ1) is 13.9. The largest absolute Gasteiger partial charge is 0.493 e. The van der Waals surface area contributed by atoms with Crippen molar-refractivity contribution in [3.63, 3.8) is 0 Å². The van der Waals surface area contributed by atoms with E-state index in [1.54, 1.807) is 19.2 Å². The van der Waals surface area contributed by atoms with Crippen LogP contribution in [0.4, 0.5) is 0 Å². The number of hydrogen-bond donors (Lipinski definition) is 1. The van der Waals surface area contributed by atoms with Gasteiger partial charge >= 0.3 is 0 Å². The second kappa shape index (κ2) is 9.58. The van der Waals surface area contributed by atoms with E-state index in [2.05, 4.69) is 4.72 Å². The maximum absolute atomic E-state index is 12.6. The number of morpholine rings is 1. The number of benzene rings is 2. The molecule has 2 atom stereocenters. The Kier molecular flexibility index (Phi) is 7.13. The van der Waals surface area contributed by atoms with E-state index in [-0.39, 0.29) is 18.8 Å². The first-order valence-corrected chi connectivity index (χ1v) is 11.0. The minimum atomic E-state index is -3.59. The summed E-state index contributed by atoms with van der Waals surface area (Å²) >= 11 is 0. The molecule has 0 radical (unpaired) electrons. The van der Waals surface area contributed by atoms with Crippen molar-refractivity contribution in [2.24, 2.45) is 0 Å². The van der Waals surface area contributed by atoms with Crippen LogP contribution < -0.4 is 14.2 Å². The molecule has 1 aliphatic heterocycles. The van der Waals surface area contributed by atoms with Gasteiger partial charge in [0.1, 0.15) is 6.61 Å². The lowest BCUT2D eigenvalue weighted by atomic mass is 10.2. The van der Waals surface area contributed by atoms with E-state index >= 15 is 0 Å². The summed E-state index contributed by atoms with van der Waals surface area (Å²) in [5.74, 6) is 1.17. The summed E-state index contributed by atoms with van der Waals surface area (Å²) in [5.41, 5.74) is 1.84. The van der Waals surface area contributed by atoms with E-state index in [0.717, 1.165) is 11.1 Å². The minimum absolute atomic E-state index is 0.128. The molecule has 158 valence electrons. The highest BCUT2D eigenvalue weighted by molar-refractivity contribution is 7.87. The third-order valence-electron chi connectivity index (χ3n) is 4.65. The van der Waals surface area contributed by atoms with Gasteiger partial charge in [-0.3, -0.25) is 0 Å². The zero-order valence-corrected chi connectivity index (χ0v) is 17.8. The lowest BCUT2D eigenvalue weighted by molar-refractivity contribution is -0.0444. The average Bonchev–Trinajstić information content (AvgIpc) is 2.71. The summed E-state index contributed by atoms with van der Waals surface area (Å²) in [6, 6.07) is 15.3. The van der Waals surface area contributed by atoms with E-state index in [9.17, 15) is 8.42 Å². The summed E-state index contributed by atoms with van der Waals surface area (Å²) in [5, 5.41) is 0. The molecule has 0 bridgehead atoms. The van der Waals surface area contributed by atoms with Gasteiger partial charge in [-0.15, -0.1) is 0 Å². The van der Waals surface area contributed by atoms with Gasteiger partial charge in [0, 0.05) is 19.6 Å². The van der Waals surface area contributed by atoms with Gasteiger partial charge in [-0.25, -0.2) is 0 Å². The fraction of sp³-hybridized carbons (Fsp3) is 0.429. The Morgan fingerprint density at radius 2 is 1.72 bits per heavy atom. The van der Waals surface area contributed by atoms with E-state index in [1.807, 2.05) is 50.2 Å². The molecule has 8 heteroatoms. The SMILES string of the molecule is COc1cc(CNS(=O)(=O)N2C[C@@H](C)O[C@@H](C)C2)ccc1OCc1ccccc1. The lowest BCUT2D eigenvalue weighted by Gasteiger charge is -2.34. The van der Waals surface area contributed by atoms with Gasteiger partial charge in [0.15, 0.2) is 11.5 Å². The van der Waals surface area contributed by atoms with Crippen LogP contribution in [0.25, 0.3) is 0 Å². The highest BCUT2D eigenvalue weighted by Crippen LogP contribution is 2.29. The molecule has 1 N–H and O–H groups in total. The van der Waals surface area contributed by atoms with Crippen molar-refractivity contribution in [2.45, 2.75) is 39.2 Å². The van der Waals surface area contributed by atoms with Crippen molar-refractivity contribution >= 4 is 10.2 Å². The van der Waals surface area contributed by atoms with Crippen LogP contribution in [-0.4, -0.2) is 45.1 Å². The quantitative estimate of drug-likeness (QED) is 0.711. The summed E-state index contributed by atoms with van der Waals surface area (Å²) in [7, 11) is -2.03. The maximum Gasteiger partial charge on any atom is 0.279 e. The Labute approximate surface area is 172 Å². The molecule has 2 aromatic rings. The number of nitrogens with one attached hydrogen (secondary N) is 1.